The first-order valence-corrected chi connectivity index (χ1v) is 14.1. The van der Waals surface area contributed by atoms with Crippen LogP contribution in [0.15, 0.2) is 71.6 Å². The van der Waals surface area contributed by atoms with E-state index in [1.807, 2.05) is 0 Å². The van der Waals surface area contributed by atoms with Crippen LogP contribution in [-0.4, -0.2) is 41.6 Å². The van der Waals surface area contributed by atoms with Crippen molar-refractivity contribution in [2.45, 2.75) is 17.9 Å². The van der Waals surface area contributed by atoms with Crippen LogP contribution in [0, 0.1) is 6.92 Å². The van der Waals surface area contributed by atoms with Gasteiger partial charge in [-0.3, -0.25) is 13.8 Å². The van der Waals surface area contributed by atoms with Gasteiger partial charge in [0.2, 0.25) is 10.0 Å². The van der Waals surface area contributed by atoms with Crippen molar-refractivity contribution in [2.24, 2.45) is 0 Å². The van der Waals surface area contributed by atoms with Gasteiger partial charge in [-0.1, -0.05) is 29.8 Å². The fraction of sp³-hybridized carbons (Fsp3) is 0.174. The second kappa shape index (κ2) is 9.40. The number of carbonyl (C=O) groups excluding carboxylic acids is 1. The Balaban J connectivity index is 1.49. The zero-order valence-electron chi connectivity index (χ0n) is 18.7. The largest absolute Gasteiger partial charge is 0.476 e. The number of anilines is 3. The summed E-state index contributed by atoms with van der Waals surface area (Å²) in [5, 5.41) is 3.08. The van der Waals surface area contributed by atoms with Crippen LogP contribution in [0.25, 0.3) is 0 Å². The molecule has 0 saturated carbocycles. The van der Waals surface area contributed by atoms with E-state index in [9.17, 15) is 21.6 Å². The van der Waals surface area contributed by atoms with E-state index in [4.69, 9.17) is 16.3 Å². The lowest BCUT2D eigenvalue weighted by atomic mass is 10.2. The number of hydrogen-bond acceptors (Lipinski definition) is 6. The zero-order chi connectivity index (χ0) is 25.4. The Morgan fingerprint density at radius 1 is 1.00 bits per heavy atom. The number of benzene rings is 3. The molecule has 184 valence electrons. The van der Waals surface area contributed by atoms with Gasteiger partial charge in [0.1, 0.15) is 5.75 Å². The molecule has 1 aliphatic rings. The predicted octanol–water partition coefficient (Wildman–Crippen LogP) is 3.61. The molecular formula is C23H22ClN3O6S2. The molecule has 0 bridgehead atoms. The Labute approximate surface area is 208 Å². The number of rotatable bonds is 6. The van der Waals surface area contributed by atoms with Crippen molar-refractivity contribution in [1.29, 1.82) is 0 Å². The topological polar surface area (TPSA) is 122 Å². The van der Waals surface area contributed by atoms with Crippen molar-refractivity contribution >= 4 is 54.6 Å². The maximum atomic E-state index is 12.8. The van der Waals surface area contributed by atoms with Crippen LogP contribution in [0.2, 0.25) is 5.02 Å². The van der Waals surface area contributed by atoms with E-state index in [0.29, 0.717) is 27.6 Å². The van der Waals surface area contributed by atoms with E-state index < -0.39 is 32.1 Å². The second-order valence-corrected chi connectivity index (χ2v) is 11.9. The molecule has 3 aromatic carbocycles. The van der Waals surface area contributed by atoms with Gasteiger partial charge in [0.25, 0.3) is 15.9 Å². The van der Waals surface area contributed by atoms with Gasteiger partial charge in [-0.25, -0.2) is 16.8 Å². The number of ether oxygens (including phenoxy) is 1. The lowest BCUT2D eigenvalue weighted by Gasteiger charge is -2.33. The van der Waals surface area contributed by atoms with Gasteiger partial charge in [-0.15, -0.1) is 0 Å². The van der Waals surface area contributed by atoms with E-state index in [-0.39, 0.29) is 17.2 Å². The summed E-state index contributed by atoms with van der Waals surface area (Å²) >= 11 is 6.06. The average Bonchev–Trinajstić information content (AvgIpc) is 2.81. The van der Waals surface area contributed by atoms with E-state index >= 15 is 0 Å². The van der Waals surface area contributed by atoms with Crippen LogP contribution < -0.4 is 19.1 Å². The predicted molar refractivity (Wildman–Crippen MR) is 135 cm³/mol. The zero-order valence-corrected chi connectivity index (χ0v) is 21.1. The van der Waals surface area contributed by atoms with Gasteiger partial charge < -0.3 is 10.1 Å². The number of fused-ring (bicyclic) bond motifs is 1. The highest BCUT2D eigenvalue weighted by molar-refractivity contribution is 7.92. The third-order valence-corrected chi connectivity index (χ3v) is 8.31. The molecule has 0 saturated heterocycles. The normalized spacial score (nSPS) is 15.6. The van der Waals surface area contributed by atoms with Crippen molar-refractivity contribution in [3.05, 3.63) is 77.3 Å². The second-order valence-electron chi connectivity index (χ2n) is 7.90. The van der Waals surface area contributed by atoms with Gasteiger partial charge in [-0.05, 0) is 61.0 Å². The maximum Gasteiger partial charge on any atom is 0.267 e. The maximum absolute atomic E-state index is 12.8. The molecule has 35 heavy (non-hydrogen) atoms. The summed E-state index contributed by atoms with van der Waals surface area (Å²) in [7, 11) is -7.54. The number of halogens is 1. The molecule has 0 fully saturated rings. The third kappa shape index (κ3) is 5.37. The minimum atomic E-state index is -3.89. The fourth-order valence-electron chi connectivity index (χ4n) is 3.51. The van der Waals surface area contributed by atoms with Gasteiger partial charge in [0.15, 0.2) is 6.10 Å². The first-order valence-electron chi connectivity index (χ1n) is 10.4. The summed E-state index contributed by atoms with van der Waals surface area (Å²) in [5.41, 5.74) is 1.64. The van der Waals surface area contributed by atoms with Crippen molar-refractivity contribution in [3.8, 4) is 5.75 Å². The Kier molecular flexibility index (Phi) is 6.67. The lowest BCUT2D eigenvalue weighted by molar-refractivity contribution is -0.122. The molecule has 0 spiro atoms. The van der Waals surface area contributed by atoms with Crippen LogP contribution in [0.1, 0.15) is 5.56 Å². The SMILES string of the molecule is Cc1c(Cl)cccc1NS(=O)(=O)c1ccc(NC(=O)[C@@H]2CN(S(C)(=O)=O)c3ccccc3O2)cc1. The number of nitrogens with one attached hydrogen (secondary N) is 2. The van der Waals surface area contributed by atoms with Crippen LogP contribution in [0.4, 0.5) is 17.1 Å². The summed E-state index contributed by atoms with van der Waals surface area (Å²) in [6, 6.07) is 17.0. The van der Waals surface area contributed by atoms with Gasteiger partial charge in [0, 0.05) is 10.7 Å². The number of sulfonamides is 2. The first-order chi connectivity index (χ1) is 16.5. The lowest BCUT2D eigenvalue weighted by Crippen LogP contribution is -2.48. The molecule has 1 heterocycles. The highest BCUT2D eigenvalue weighted by Gasteiger charge is 2.35. The summed E-state index contributed by atoms with van der Waals surface area (Å²) < 4.78 is 59.4. The Hall–Kier alpha value is -3.28. The molecule has 12 heteroatoms. The van der Waals surface area contributed by atoms with E-state index in [1.165, 1.54) is 24.3 Å². The molecule has 9 nitrogen and oxygen atoms in total. The molecular weight excluding hydrogens is 514 g/mol. The van der Waals surface area contributed by atoms with Gasteiger partial charge in [-0.2, -0.15) is 0 Å². The molecule has 0 aromatic heterocycles. The van der Waals surface area contributed by atoms with Gasteiger partial charge in [0.05, 0.1) is 29.1 Å². The summed E-state index contributed by atoms with van der Waals surface area (Å²) in [5.74, 6) is -0.301. The molecule has 0 aliphatic carbocycles. The molecule has 3 aromatic rings. The van der Waals surface area contributed by atoms with Crippen LogP contribution in [0.3, 0.4) is 0 Å². The molecule has 1 aliphatic heterocycles. The van der Waals surface area contributed by atoms with Crippen molar-refractivity contribution in [2.75, 3.05) is 27.1 Å². The standard InChI is InChI=1S/C23H22ClN3O6S2/c1-15-18(24)6-5-7-19(15)26-35(31,32)17-12-10-16(11-13-17)25-23(28)22-14-27(34(2,29)30)20-8-3-4-9-21(20)33-22/h3-13,22,26H,14H2,1-2H3,(H,25,28)/t22-/m0/s1. The number of nitrogens with zero attached hydrogens (tertiary/aromatic N) is 1. The Bertz CT molecular complexity index is 1490. The first kappa shape index (κ1) is 24.8. The molecule has 0 unspecified atom stereocenters. The van der Waals surface area contributed by atoms with Crippen LogP contribution in [-0.2, 0) is 24.8 Å². The molecule has 1 amide bonds. The summed E-state index contributed by atoms with van der Waals surface area (Å²) in [4.78, 5) is 12.8. The molecule has 0 radical (unpaired) electrons. The van der Waals surface area contributed by atoms with Crippen LogP contribution >= 0.6 is 11.6 Å². The average molecular weight is 536 g/mol. The molecule has 4 rings (SSSR count). The third-order valence-electron chi connectivity index (χ3n) is 5.37. The minimum Gasteiger partial charge on any atom is -0.476 e. The number of carbonyl (C=O) groups is 1. The highest BCUT2D eigenvalue weighted by Crippen LogP contribution is 2.35. The van der Waals surface area contributed by atoms with E-state index in [2.05, 4.69) is 10.0 Å². The van der Waals surface area contributed by atoms with Crippen LogP contribution in [0.5, 0.6) is 5.75 Å². The summed E-state index contributed by atoms with van der Waals surface area (Å²) in [6.45, 7) is 1.51. The van der Waals surface area contributed by atoms with Crippen molar-refractivity contribution in [1.82, 2.24) is 0 Å². The number of para-hydroxylation sites is 2. The fourth-order valence-corrected chi connectivity index (χ4v) is 5.73. The number of amides is 1. The Morgan fingerprint density at radius 3 is 2.37 bits per heavy atom. The highest BCUT2D eigenvalue weighted by atomic mass is 35.5. The quantitative estimate of drug-likeness (QED) is 0.497. The minimum absolute atomic E-state index is 0.0130. The summed E-state index contributed by atoms with van der Waals surface area (Å²) in [6.07, 6.45) is -0.0437. The van der Waals surface area contributed by atoms with Gasteiger partial charge >= 0.3 is 0 Å². The monoisotopic (exact) mass is 535 g/mol. The number of hydrogen-bond donors (Lipinski definition) is 2. The van der Waals surface area contributed by atoms with E-state index in [0.717, 1.165) is 10.6 Å². The van der Waals surface area contributed by atoms with Crippen molar-refractivity contribution in [3.63, 3.8) is 0 Å². The van der Waals surface area contributed by atoms with Crippen molar-refractivity contribution < 1.29 is 26.4 Å². The Morgan fingerprint density at radius 2 is 1.69 bits per heavy atom. The smallest absolute Gasteiger partial charge is 0.267 e. The molecule has 2 N–H and O–H groups in total. The van der Waals surface area contributed by atoms with E-state index in [1.54, 1.807) is 49.4 Å². The molecule has 1 atom stereocenters.